The summed E-state index contributed by atoms with van der Waals surface area (Å²) >= 11 is 0. The number of anilines is 1. The molecule has 0 unspecified atom stereocenters. The number of carboxylic acids is 1. The Hall–Kier alpha value is -4.27. The Balaban J connectivity index is 1.88. The lowest BCUT2D eigenvalue weighted by Gasteiger charge is -2.20. The lowest BCUT2D eigenvalue weighted by Crippen LogP contribution is -2.22. The number of aliphatic hydroxyl groups excluding tert-OH is 2. The molecule has 2 atom stereocenters. The van der Waals surface area contributed by atoms with Gasteiger partial charge in [0.15, 0.2) is 0 Å². The molecule has 1 aromatic heterocycles. The smallest absolute Gasteiger partial charge is 0.305 e. The maximum atomic E-state index is 14.0. The molecule has 4 aromatic rings. The zero-order valence-corrected chi connectivity index (χ0v) is 23.1. The molecule has 0 saturated heterocycles. The highest BCUT2D eigenvalue weighted by molar-refractivity contribution is 6.08. The number of carbonyl (C=O) groups is 2. The van der Waals surface area contributed by atoms with E-state index in [1.54, 1.807) is 36.4 Å². The van der Waals surface area contributed by atoms with Gasteiger partial charge in [-0.3, -0.25) is 9.59 Å². The Bertz CT molecular complexity index is 1470. The average Bonchev–Trinajstić information content (AvgIpc) is 3.26. The van der Waals surface area contributed by atoms with E-state index in [9.17, 15) is 24.2 Å². The van der Waals surface area contributed by atoms with Crippen LogP contribution in [0, 0.1) is 5.82 Å². The van der Waals surface area contributed by atoms with Crippen LogP contribution in [-0.2, 0) is 11.3 Å². The predicted octanol–water partition coefficient (Wildman–Crippen LogP) is 6.31. The summed E-state index contributed by atoms with van der Waals surface area (Å²) in [5.41, 5.74) is 5.05. The van der Waals surface area contributed by atoms with Gasteiger partial charge in [0.2, 0.25) is 0 Å². The third-order valence-corrected chi connectivity index (χ3v) is 6.95. The van der Waals surface area contributed by atoms with Crippen molar-refractivity contribution in [2.24, 2.45) is 0 Å². The normalized spacial score (nSPS) is 12.7. The minimum absolute atomic E-state index is 0.0625. The molecule has 41 heavy (non-hydrogen) atoms. The van der Waals surface area contributed by atoms with E-state index in [-0.39, 0.29) is 30.5 Å². The van der Waals surface area contributed by atoms with Crippen molar-refractivity contribution in [2.45, 2.75) is 57.8 Å². The van der Waals surface area contributed by atoms with E-state index in [1.807, 2.05) is 54.8 Å². The van der Waals surface area contributed by atoms with E-state index >= 15 is 0 Å². The van der Waals surface area contributed by atoms with Crippen LogP contribution in [0.2, 0.25) is 0 Å². The number of hydrogen-bond donors (Lipinski definition) is 4. The fourth-order valence-electron chi connectivity index (χ4n) is 5.16. The molecule has 1 amide bonds. The van der Waals surface area contributed by atoms with Gasteiger partial charge in [0.05, 0.1) is 30.0 Å². The monoisotopic (exact) mass is 558 g/mol. The standard InChI is InChI=1S/C33H35FN2O5/c1-21(2)31-30(35-33(41)24-11-7-4-8-12-24)29(22-9-5-3-6-10-22)32(23-13-15-25(34)16-14-23)36(31)18-17-26(37)19-27(38)20-28(39)40/h3-16,21,26-27,37-38H,17-20H2,1-2H3,(H,35,41)(H,39,40)/t26-,27-/m1/s1. The number of rotatable bonds is 12. The summed E-state index contributed by atoms with van der Waals surface area (Å²) in [6.07, 6.45) is -2.45. The van der Waals surface area contributed by atoms with Crippen LogP contribution in [0.1, 0.15) is 55.1 Å². The molecule has 0 radical (unpaired) electrons. The first-order valence-electron chi connectivity index (χ1n) is 13.7. The van der Waals surface area contributed by atoms with Crippen molar-refractivity contribution in [3.63, 3.8) is 0 Å². The van der Waals surface area contributed by atoms with Crippen LogP contribution in [-0.4, -0.2) is 44.0 Å². The fourth-order valence-corrected chi connectivity index (χ4v) is 5.16. The van der Waals surface area contributed by atoms with Crippen molar-refractivity contribution in [3.05, 3.63) is 102 Å². The van der Waals surface area contributed by atoms with Crippen molar-refractivity contribution < 1.29 is 29.3 Å². The van der Waals surface area contributed by atoms with Crippen molar-refractivity contribution >= 4 is 17.6 Å². The van der Waals surface area contributed by atoms with Crippen LogP contribution < -0.4 is 5.32 Å². The van der Waals surface area contributed by atoms with Crippen LogP contribution in [0.4, 0.5) is 10.1 Å². The van der Waals surface area contributed by atoms with Crippen LogP contribution in [0.3, 0.4) is 0 Å². The summed E-state index contributed by atoms with van der Waals surface area (Å²) in [5, 5.41) is 32.9. The molecule has 4 rings (SSSR count). The Kier molecular flexibility index (Phi) is 9.70. The molecule has 0 saturated carbocycles. The van der Waals surface area contributed by atoms with E-state index in [2.05, 4.69) is 5.32 Å². The largest absolute Gasteiger partial charge is 0.481 e. The SMILES string of the molecule is CC(C)c1c(NC(=O)c2ccccc2)c(-c2ccccc2)c(-c2ccc(F)cc2)n1CC[C@@H](O)C[C@@H](O)CC(=O)O. The number of nitrogens with one attached hydrogen (secondary N) is 1. The van der Waals surface area contributed by atoms with Gasteiger partial charge in [-0.25, -0.2) is 4.39 Å². The third kappa shape index (κ3) is 7.28. The van der Waals surface area contributed by atoms with Gasteiger partial charge < -0.3 is 25.2 Å². The summed E-state index contributed by atoms with van der Waals surface area (Å²) in [7, 11) is 0. The van der Waals surface area contributed by atoms with Crippen LogP contribution >= 0.6 is 0 Å². The Labute approximate surface area is 238 Å². The molecule has 4 N–H and O–H groups in total. The summed E-state index contributed by atoms with van der Waals surface area (Å²) in [6.45, 7) is 4.34. The van der Waals surface area contributed by atoms with Gasteiger partial charge in [0, 0.05) is 23.4 Å². The lowest BCUT2D eigenvalue weighted by atomic mass is 9.98. The van der Waals surface area contributed by atoms with Crippen molar-refractivity contribution in [1.82, 2.24) is 4.57 Å². The Morgan fingerprint density at radius 3 is 2.05 bits per heavy atom. The van der Waals surface area contributed by atoms with Gasteiger partial charge >= 0.3 is 5.97 Å². The third-order valence-electron chi connectivity index (χ3n) is 6.95. The Morgan fingerprint density at radius 2 is 1.46 bits per heavy atom. The molecular weight excluding hydrogens is 523 g/mol. The van der Waals surface area contributed by atoms with Crippen LogP contribution in [0.25, 0.3) is 22.4 Å². The van der Waals surface area contributed by atoms with Gasteiger partial charge in [-0.2, -0.15) is 0 Å². The molecular formula is C33H35FN2O5. The number of aliphatic hydroxyl groups is 2. The first-order valence-corrected chi connectivity index (χ1v) is 13.7. The number of carboxylic acid groups (broad SMARTS) is 1. The van der Waals surface area contributed by atoms with Crippen molar-refractivity contribution in [1.29, 1.82) is 0 Å². The molecule has 0 spiro atoms. The van der Waals surface area contributed by atoms with Gasteiger partial charge in [-0.1, -0.05) is 62.4 Å². The molecule has 7 nitrogen and oxygen atoms in total. The number of benzene rings is 3. The van der Waals surface area contributed by atoms with E-state index < -0.39 is 24.6 Å². The molecule has 0 aliphatic carbocycles. The van der Waals surface area contributed by atoms with Gasteiger partial charge in [-0.05, 0) is 66.3 Å². The highest BCUT2D eigenvalue weighted by Crippen LogP contribution is 2.45. The predicted molar refractivity (Wildman–Crippen MR) is 157 cm³/mol. The van der Waals surface area contributed by atoms with E-state index in [0.29, 0.717) is 17.8 Å². The van der Waals surface area contributed by atoms with E-state index in [0.717, 1.165) is 28.1 Å². The number of amides is 1. The highest BCUT2D eigenvalue weighted by atomic mass is 19.1. The van der Waals surface area contributed by atoms with Gasteiger partial charge in [0.1, 0.15) is 5.82 Å². The first-order chi connectivity index (χ1) is 19.7. The molecule has 8 heteroatoms. The fraction of sp³-hybridized carbons (Fsp3) is 0.273. The minimum Gasteiger partial charge on any atom is -0.481 e. The van der Waals surface area contributed by atoms with Crippen molar-refractivity contribution in [2.75, 3.05) is 5.32 Å². The molecule has 1 heterocycles. The minimum atomic E-state index is -1.17. The second-order valence-corrected chi connectivity index (χ2v) is 10.4. The second kappa shape index (κ2) is 13.4. The highest BCUT2D eigenvalue weighted by Gasteiger charge is 2.28. The zero-order valence-electron chi connectivity index (χ0n) is 23.1. The lowest BCUT2D eigenvalue weighted by molar-refractivity contribution is -0.139. The number of hydrogen-bond acceptors (Lipinski definition) is 4. The van der Waals surface area contributed by atoms with Crippen molar-refractivity contribution in [3.8, 4) is 22.4 Å². The Morgan fingerprint density at radius 1 is 0.854 bits per heavy atom. The van der Waals surface area contributed by atoms with E-state index in [4.69, 9.17) is 5.11 Å². The molecule has 0 fully saturated rings. The summed E-state index contributed by atoms with van der Waals surface area (Å²) in [4.78, 5) is 24.4. The molecule has 0 aliphatic rings. The average molecular weight is 559 g/mol. The topological polar surface area (TPSA) is 112 Å². The van der Waals surface area contributed by atoms with E-state index in [1.165, 1.54) is 12.1 Å². The summed E-state index contributed by atoms with van der Waals surface area (Å²) in [6, 6.07) is 24.7. The van der Waals surface area contributed by atoms with Crippen LogP contribution in [0.15, 0.2) is 84.9 Å². The molecule has 0 bridgehead atoms. The molecule has 214 valence electrons. The number of aliphatic carboxylic acids is 1. The molecule has 0 aliphatic heterocycles. The molecule has 3 aromatic carbocycles. The number of halogens is 1. The number of aromatic nitrogens is 1. The first kappa shape index (κ1) is 29.7. The quantitative estimate of drug-likeness (QED) is 0.163. The maximum absolute atomic E-state index is 14.0. The summed E-state index contributed by atoms with van der Waals surface area (Å²) in [5.74, 6) is -1.85. The summed E-state index contributed by atoms with van der Waals surface area (Å²) < 4.78 is 16.0. The second-order valence-electron chi connectivity index (χ2n) is 10.4. The number of carbonyl (C=O) groups excluding carboxylic acids is 1. The zero-order chi connectivity index (χ0) is 29.5. The van der Waals surface area contributed by atoms with Gasteiger partial charge in [0.25, 0.3) is 5.91 Å². The number of nitrogens with zero attached hydrogens (tertiary/aromatic N) is 1. The van der Waals surface area contributed by atoms with Crippen LogP contribution in [0.5, 0.6) is 0 Å². The van der Waals surface area contributed by atoms with Gasteiger partial charge in [-0.15, -0.1) is 0 Å². The maximum Gasteiger partial charge on any atom is 0.305 e.